The van der Waals surface area contributed by atoms with E-state index in [1.807, 2.05) is 6.07 Å². The van der Waals surface area contributed by atoms with E-state index in [0.717, 1.165) is 0 Å². The highest BCUT2D eigenvalue weighted by Gasteiger charge is 2.08. The molecule has 0 saturated carbocycles. The highest BCUT2D eigenvalue weighted by molar-refractivity contribution is 5.89. The van der Waals surface area contributed by atoms with Gasteiger partial charge in [0.25, 0.3) is 0 Å². The lowest BCUT2D eigenvalue weighted by Gasteiger charge is -2.06. The Morgan fingerprint density at radius 3 is 2.53 bits per heavy atom. The highest BCUT2D eigenvalue weighted by Crippen LogP contribution is 2.13. The predicted molar refractivity (Wildman–Crippen MR) is 68.4 cm³/mol. The molecule has 0 unspecified atom stereocenters. The maximum atomic E-state index is 11.7. The summed E-state index contributed by atoms with van der Waals surface area (Å²) in [6.45, 7) is 0.0451. The molecule has 0 bridgehead atoms. The van der Waals surface area contributed by atoms with Crippen LogP contribution >= 0.6 is 0 Å². The standard InChI is InChI=1S/C15H11NO3/c16-9-12-3-1-2-4-13(12)10-19-15(18)11-5-7-14(17)8-6-11/h1-8,17H,10H2. The summed E-state index contributed by atoms with van der Waals surface area (Å²) in [5.74, 6) is -0.404. The minimum absolute atomic E-state index is 0.0451. The van der Waals surface area contributed by atoms with Gasteiger partial charge in [0.15, 0.2) is 0 Å². The molecule has 1 N–H and O–H groups in total. The zero-order valence-corrected chi connectivity index (χ0v) is 10.0. The van der Waals surface area contributed by atoms with Gasteiger partial charge < -0.3 is 9.84 Å². The maximum Gasteiger partial charge on any atom is 0.338 e. The van der Waals surface area contributed by atoms with Crippen LogP contribution in [0.4, 0.5) is 0 Å². The Kier molecular flexibility index (Phi) is 3.79. The first-order valence-electron chi connectivity index (χ1n) is 5.65. The predicted octanol–water partition coefficient (Wildman–Crippen LogP) is 2.62. The van der Waals surface area contributed by atoms with Crippen LogP contribution < -0.4 is 0 Å². The Morgan fingerprint density at radius 2 is 1.84 bits per heavy atom. The van der Waals surface area contributed by atoms with Gasteiger partial charge >= 0.3 is 5.97 Å². The Labute approximate surface area is 110 Å². The summed E-state index contributed by atoms with van der Waals surface area (Å²) in [4.78, 5) is 11.7. The van der Waals surface area contributed by atoms with Gasteiger partial charge in [0, 0.05) is 5.56 Å². The van der Waals surface area contributed by atoms with Gasteiger partial charge in [0.05, 0.1) is 17.2 Å². The van der Waals surface area contributed by atoms with Crippen LogP contribution in [-0.4, -0.2) is 11.1 Å². The monoisotopic (exact) mass is 253 g/mol. The Morgan fingerprint density at radius 1 is 1.16 bits per heavy atom. The van der Waals surface area contributed by atoms with Crippen molar-refractivity contribution in [1.29, 1.82) is 5.26 Å². The molecular weight excluding hydrogens is 242 g/mol. The number of nitriles is 1. The third-order valence-corrected chi connectivity index (χ3v) is 2.60. The second-order valence-electron chi connectivity index (χ2n) is 3.89. The molecule has 0 heterocycles. The van der Waals surface area contributed by atoms with E-state index in [2.05, 4.69) is 0 Å². The first-order chi connectivity index (χ1) is 9.20. The maximum absolute atomic E-state index is 11.7. The number of esters is 1. The number of benzene rings is 2. The molecule has 0 amide bonds. The van der Waals surface area contributed by atoms with Gasteiger partial charge in [-0.05, 0) is 30.3 Å². The lowest BCUT2D eigenvalue weighted by atomic mass is 10.1. The Balaban J connectivity index is 2.05. The van der Waals surface area contributed by atoms with Crippen molar-refractivity contribution in [3.8, 4) is 11.8 Å². The van der Waals surface area contributed by atoms with E-state index in [0.29, 0.717) is 16.7 Å². The van der Waals surface area contributed by atoms with Crippen molar-refractivity contribution in [3.63, 3.8) is 0 Å². The molecule has 0 radical (unpaired) electrons. The summed E-state index contributed by atoms with van der Waals surface area (Å²) in [6, 6.07) is 14.8. The van der Waals surface area contributed by atoms with E-state index in [9.17, 15) is 4.79 Å². The van der Waals surface area contributed by atoms with Crippen LogP contribution in [0, 0.1) is 11.3 Å². The van der Waals surface area contributed by atoms with Gasteiger partial charge in [-0.2, -0.15) is 5.26 Å². The number of nitrogens with zero attached hydrogens (tertiary/aromatic N) is 1. The molecular formula is C15H11NO3. The Bertz CT molecular complexity index is 627. The molecule has 94 valence electrons. The number of hydrogen-bond donors (Lipinski definition) is 1. The van der Waals surface area contributed by atoms with Crippen LogP contribution in [0.15, 0.2) is 48.5 Å². The minimum Gasteiger partial charge on any atom is -0.508 e. The van der Waals surface area contributed by atoms with Gasteiger partial charge in [-0.1, -0.05) is 18.2 Å². The average molecular weight is 253 g/mol. The average Bonchev–Trinajstić information content (AvgIpc) is 2.45. The molecule has 0 atom stereocenters. The smallest absolute Gasteiger partial charge is 0.338 e. The minimum atomic E-state index is -0.493. The third-order valence-electron chi connectivity index (χ3n) is 2.60. The summed E-state index contributed by atoms with van der Waals surface area (Å²) < 4.78 is 5.12. The summed E-state index contributed by atoms with van der Waals surface area (Å²) in [5, 5.41) is 18.0. The molecule has 4 heteroatoms. The molecule has 0 fully saturated rings. The number of ether oxygens (including phenoxy) is 1. The van der Waals surface area contributed by atoms with Crippen LogP contribution in [0.25, 0.3) is 0 Å². The molecule has 2 aromatic rings. The largest absolute Gasteiger partial charge is 0.508 e. The zero-order valence-electron chi connectivity index (χ0n) is 10.0. The molecule has 0 aliphatic heterocycles. The molecule has 2 aromatic carbocycles. The van der Waals surface area contributed by atoms with E-state index in [1.54, 1.807) is 24.3 Å². The van der Waals surface area contributed by atoms with Crippen LogP contribution in [0.1, 0.15) is 21.5 Å². The zero-order chi connectivity index (χ0) is 13.7. The van der Waals surface area contributed by atoms with Crippen molar-refractivity contribution in [3.05, 3.63) is 65.2 Å². The molecule has 0 aliphatic rings. The van der Waals surface area contributed by atoms with Crippen LogP contribution in [0.5, 0.6) is 5.75 Å². The van der Waals surface area contributed by atoms with Crippen molar-refractivity contribution in [2.24, 2.45) is 0 Å². The normalized spacial score (nSPS) is 9.63. The van der Waals surface area contributed by atoms with Crippen molar-refractivity contribution in [2.45, 2.75) is 6.61 Å². The van der Waals surface area contributed by atoms with Gasteiger partial charge in [0.1, 0.15) is 12.4 Å². The van der Waals surface area contributed by atoms with Gasteiger partial charge in [-0.25, -0.2) is 4.79 Å². The molecule has 19 heavy (non-hydrogen) atoms. The molecule has 0 spiro atoms. The van der Waals surface area contributed by atoms with Crippen LogP contribution in [0.2, 0.25) is 0 Å². The molecule has 2 rings (SSSR count). The summed E-state index contributed by atoms with van der Waals surface area (Å²) in [6.07, 6.45) is 0. The van der Waals surface area contributed by atoms with Crippen LogP contribution in [-0.2, 0) is 11.3 Å². The van der Waals surface area contributed by atoms with E-state index in [1.165, 1.54) is 24.3 Å². The Hall–Kier alpha value is -2.80. The van der Waals surface area contributed by atoms with E-state index >= 15 is 0 Å². The lowest BCUT2D eigenvalue weighted by molar-refractivity contribution is 0.0472. The fourth-order valence-electron chi connectivity index (χ4n) is 1.58. The molecule has 0 saturated heterocycles. The number of aromatic hydroxyl groups is 1. The summed E-state index contributed by atoms with van der Waals surface area (Å²) >= 11 is 0. The topological polar surface area (TPSA) is 70.3 Å². The van der Waals surface area contributed by atoms with Crippen molar-refractivity contribution in [1.82, 2.24) is 0 Å². The quantitative estimate of drug-likeness (QED) is 0.853. The summed E-state index contributed by atoms with van der Waals surface area (Å²) in [7, 11) is 0. The number of rotatable bonds is 3. The number of carbonyl (C=O) groups is 1. The van der Waals surface area contributed by atoms with Gasteiger partial charge in [-0.3, -0.25) is 0 Å². The molecule has 4 nitrogen and oxygen atoms in total. The first kappa shape index (κ1) is 12.7. The number of hydrogen-bond acceptors (Lipinski definition) is 4. The second-order valence-corrected chi connectivity index (χ2v) is 3.89. The van der Waals surface area contributed by atoms with E-state index in [4.69, 9.17) is 15.1 Å². The first-order valence-corrected chi connectivity index (χ1v) is 5.65. The van der Waals surface area contributed by atoms with Crippen LogP contribution in [0.3, 0.4) is 0 Å². The fraction of sp³-hybridized carbons (Fsp3) is 0.0667. The van der Waals surface area contributed by atoms with Gasteiger partial charge in [0.2, 0.25) is 0 Å². The van der Waals surface area contributed by atoms with Crippen molar-refractivity contribution < 1.29 is 14.6 Å². The van der Waals surface area contributed by atoms with Crippen molar-refractivity contribution in [2.75, 3.05) is 0 Å². The summed E-state index contributed by atoms with van der Waals surface area (Å²) in [5.41, 5.74) is 1.50. The third kappa shape index (κ3) is 3.11. The van der Waals surface area contributed by atoms with E-state index < -0.39 is 5.97 Å². The van der Waals surface area contributed by atoms with Gasteiger partial charge in [-0.15, -0.1) is 0 Å². The SMILES string of the molecule is N#Cc1ccccc1COC(=O)c1ccc(O)cc1. The number of phenols is 1. The van der Waals surface area contributed by atoms with E-state index in [-0.39, 0.29) is 12.4 Å². The molecule has 0 aliphatic carbocycles. The molecule has 0 aromatic heterocycles. The second kappa shape index (κ2) is 5.69. The number of carbonyl (C=O) groups excluding carboxylic acids is 1. The fourth-order valence-corrected chi connectivity index (χ4v) is 1.58. The van der Waals surface area contributed by atoms with Crippen molar-refractivity contribution >= 4 is 5.97 Å². The number of phenolic OH excluding ortho intramolecular Hbond substituents is 1. The lowest BCUT2D eigenvalue weighted by Crippen LogP contribution is -2.05. The highest BCUT2D eigenvalue weighted by atomic mass is 16.5.